The molecule has 5 heterocycles. The van der Waals surface area contributed by atoms with Gasteiger partial charge in [-0.1, -0.05) is 32.1 Å². The van der Waals surface area contributed by atoms with Crippen molar-refractivity contribution in [3.63, 3.8) is 0 Å². The SMILES string of the molecule is CC(C)Oc1ccc(-c2cc(O[C@@H]3C[C@H]4C(=O)N[C@]5(C(=O)NS(=O)(=O)C6(C)CC6)CC5/C=C\CC[C@@H](C)C[C@@H](C)[C@H](NC(=O)OC5(C(F)(F)F)CCCOC5)C(=O)N4C3)cc(-c3ccccn3)n2)cc1. The van der Waals surface area contributed by atoms with Crippen LogP contribution in [0.4, 0.5) is 18.0 Å². The van der Waals surface area contributed by atoms with Gasteiger partial charge in [0.05, 0.1) is 41.1 Å². The van der Waals surface area contributed by atoms with Gasteiger partial charge in [-0.15, -0.1) is 0 Å². The second-order valence-electron chi connectivity index (χ2n) is 20.1. The number of carbonyl (C=O) groups is 4. The monoisotopic (exact) mass is 994 g/mol. The van der Waals surface area contributed by atoms with E-state index in [0.717, 1.165) is 5.56 Å². The molecule has 0 bridgehead atoms. The van der Waals surface area contributed by atoms with Crippen molar-refractivity contribution in [2.75, 3.05) is 19.8 Å². The summed E-state index contributed by atoms with van der Waals surface area (Å²) in [6.45, 7) is 7.94. The Balaban J connectivity index is 1.14. The fourth-order valence-corrected chi connectivity index (χ4v) is 10.9. The van der Waals surface area contributed by atoms with Gasteiger partial charge in [0.2, 0.25) is 27.4 Å². The Morgan fingerprint density at radius 2 is 1.73 bits per heavy atom. The van der Waals surface area contributed by atoms with E-state index >= 15 is 4.79 Å². The Morgan fingerprint density at radius 1 is 0.986 bits per heavy atom. The Labute approximate surface area is 405 Å². The molecule has 4 fully saturated rings. The lowest BCUT2D eigenvalue weighted by Gasteiger charge is -2.38. The number of fused-ring (bicyclic) bond motifs is 2. The molecule has 5 aliphatic rings. The summed E-state index contributed by atoms with van der Waals surface area (Å²) in [7, 11) is -4.12. The Bertz CT molecular complexity index is 2570. The van der Waals surface area contributed by atoms with E-state index in [4.69, 9.17) is 23.9 Å². The van der Waals surface area contributed by atoms with E-state index in [1.807, 2.05) is 57.2 Å². The van der Waals surface area contributed by atoms with E-state index in [2.05, 4.69) is 20.3 Å². The molecule has 1 aromatic carbocycles. The molecule has 3 N–H and O–H groups in total. The number of allylic oxidation sites excluding steroid dienone is 1. The van der Waals surface area contributed by atoms with Gasteiger partial charge in [0.25, 0.3) is 5.91 Å². The molecular weight excluding hydrogens is 934 g/mol. The van der Waals surface area contributed by atoms with Crippen molar-refractivity contribution in [3.05, 3.63) is 72.9 Å². The second-order valence-corrected chi connectivity index (χ2v) is 22.3. The van der Waals surface area contributed by atoms with Crippen LogP contribution in [0.1, 0.15) is 92.4 Å². The van der Waals surface area contributed by atoms with Gasteiger partial charge in [-0.25, -0.2) is 18.2 Å². The fourth-order valence-electron chi connectivity index (χ4n) is 9.60. The Morgan fingerprint density at radius 3 is 2.39 bits per heavy atom. The number of alkyl halides is 3. The molecule has 70 heavy (non-hydrogen) atoms. The van der Waals surface area contributed by atoms with Crippen molar-refractivity contribution in [1.29, 1.82) is 0 Å². The second kappa shape index (κ2) is 19.8. The normalized spacial score (nSPS) is 29.5. The molecule has 0 spiro atoms. The van der Waals surface area contributed by atoms with E-state index in [1.54, 1.807) is 50.4 Å². The van der Waals surface area contributed by atoms with Crippen LogP contribution in [0.2, 0.25) is 0 Å². The molecular formula is C50H61F3N6O10S. The highest BCUT2D eigenvalue weighted by atomic mass is 32.2. The van der Waals surface area contributed by atoms with Gasteiger partial charge in [-0.05, 0) is 114 Å². The van der Waals surface area contributed by atoms with Crippen molar-refractivity contribution in [2.45, 2.75) is 139 Å². The van der Waals surface area contributed by atoms with Crippen molar-refractivity contribution < 1.29 is 59.7 Å². The minimum atomic E-state index is -4.99. The number of rotatable bonds is 11. The predicted octanol–water partition coefficient (Wildman–Crippen LogP) is 7.04. The first kappa shape index (κ1) is 50.6. The maximum Gasteiger partial charge on any atom is 0.430 e. The number of aromatic nitrogens is 2. The van der Waals surface area contributed by atoms with Crippen molar-refractivity contribution >= 4 is 33.8 Å². The number of pyridine rings is 2. The quantitative estimate of drug-likeness (QED) is 0.166. The average Bonchev–Trinajstić information content (AvgIpc) is 4.19. The maximum absolute atomic E-state index is 15.2. The summed E-state index contributed by atoms with van der Waals surface area (Å²) in [5, 5.41) is 5.31. The van der Waals surface area contributed by atoms with Crippen molar-refractivity contribution in [1.82, 2.24) is 30.2 Å². The number of alkyl carbamates (subject to hydrolysis) is 1. The minimum Gasteiger partial charge on any atom is -0.491 e. The van der Waals surface area contributed by atoms with E-state index in [0.29, 0.717) is 60.7 Å². The zero-order valence-corrected chi connectivity index (χ0v) is 40.7. The third-order valence-corrected chi connectivity index (χ3v) is 16.2. The number of hydrogen-bond acceptors (Lipinski definition) is 12. The molecule has 2 aromatic heterocycles. The molecule has 3 aromatic rings. The highest BCUT2D eigenvalue weighted by Gasteiger charge is 2.63. The first-order valence-corrected chi connectivity index (χ1v) is 25.5. The molecule has 8 rings (SSSR count). The van der Waals surface area contributed by atoms with Crippen LogP contribution >= 0.6 is 0 Å². The zero-order valence-electron chi connectivity index (χ0n) is 39.9. The van der Waals surface area contributed by atoms with Crippen LogP contribution in [0.25, 0.3) is 22.6 Å². The first-order valence-electron chi connectivity index (χ1n) is 24.0. The van der Waals surface area contributed by atoms with E-state index in [1.165, 1.54) is 4.90 Å². The summed E-state index contributed by atoms with van der Waals surface area (Å²) < 4.78 is 94.4. The van der Waals surface area contributed by atoms with Crippen LogP contribution in [-0.4, -0.2) is 113 Å². The summed E-state index contributed by atoms with van der Waals surface area (Å²) in [6.07, 6.45) is -0.547. The van der Waals surface area contributed by atoms with Gasteiger partial charge >= 0.3 is 12.3 Å². The van der Waals surface area contributed by atoms with Crippen molar-refractivity contribution in [3.8, 4) is 34.1 Å². The average molecular weight is 995 g/mol. The Kier molecular flexibility index (Phi) is 14.3. The molecule has 8 atom stereocenters. The number of carbonyl (C=O) groups excluding carboxylic acids is 4. The highest BCUT2D eigenvalue weighted by Crippen LogP contribution is 2.48. The number of ether oxygens (including phenoxy) is 4. The third kappa shape index (κ3) is 10.9. The van der Waals surface area contributed by atoms with Gasteiger partial charge in [0, 0.05) is 49.3 Å². The number of nitrogens with zero attached hydrogens (tertiary/aromatic N) is 3. The smallest absolute Gasteiger partial charge is 0.430 e. The minimum absolute atomic E-state index is 0.0169. The molecule has 2 saturated heterocycles. The van der Waals surface area contributed by atoms with Gasteiger partial charge in [0.1, 0.15) is 35.2 Å². The van der Waals surface area contributed by atoms with Crippen LogP contribution in [0.5, 0.6) is 11.5 Å². The fraction of sp³-hybridized carbons (Fsp3) is 0.560. The van der Waals surface area contributed by atoms with Gasteiger partial charge in [-0.2, -0.15) is 13.2 Å². The van der Waals surface area contributed by atoms with E-state index in [-0.39, 0.29) is 44.4 Å². The molecule has 2 aliphatic carbocycles. The molecule has 16 nitrogen and oxygen atoms in total. The third-order valence-electron chi connectivity index (χ3n) is 14.1. The van der Waals surface area contributed by atoms with Gasteiger partial charge < -0.3 is 34.5 Å². The topological polar surface area (TPSA) is 204 Å². The van der Waals surface area contributed by atoms with Crippen LogP contribution in [0, 0.1) is 17.8 Å². The zero-order chi connectivity index (χ0) is 50.2. The first-order chi connectivity index (χ1) is 33.1. The number of hydrogen-bond donors (Lipinski definition) is 3. The standard InChI is InChI=1S/C50H61F3N6O10S/c1-30(2)67-35-16-14-33(15-17-35)39-24-36(25-40(55-39)38-13-8-9-21-54-38)68-37-26-41-43(60)57-49(45(62)58-70(64,65)47(5)19-20-47)27-34(49)12-7-6-11-31(3)23-32(4)42(44(61)59(41)28-37)56-46(63)69-48(50(51,52)53)18-10-22-66-29-48/h7-9,12-17,21,24-25,30-32,34,37,41-42H,6,10-11,18-20,22-23,26-29H2,1-5H3,(H,56,63)(H,57,60)(H,58,62)/b12-7-/t31-,32-,34?,37-,41+,42+,48?,49-/m1/s1. The molecule has 378 valence electrons. The number of benzene rings is 1. The summed E-state index contributed by atoms with van der Waals surface area (Å²) >= 11 is 0. The largest absolute Gasteiger partial charge is 0.491 e. The lowest BCUT2D eigenvalue weighted by molar-refractivity contribution is -0.285. The number of nitrogens with one attached hydrogen (secondary N) is 3. The molecule has 2 unspecified atom stereocenters. The predicted molar refractivity (Wildman–Crippen MR) is 250 cm³/mol. The number of sulfonamides is 1. The lowest BCUT2D eigenvalue weighted by Crippen LogP contribution is -2.60. The van der Waals surface area contributed by atoms with Gasteiger partial charge in [-0.3, -0.25) is 24.1 Å². The number of amides is 4. The van der Waals surface area contributed by atoms with E-state index in [9.17, 15) is 36.0 Å². The number of halogens is 3. The van der Waals surface area contributed by atoms with Crippen LogP contribution in [0.3, 0.4) is 0 Å². The van der Waals surface area contributed by atoms with Crippen LogP contribution in [0.15, 0.2) is 72.9 Å². The molecule has 0 radical (unpaired) electrons. The highest BCUT2D eigenvalue weighted by molar-refractivity contribution is 7.91. The summed E-state index contributed by atoms with van der Waals surface area (Å²) in [4.78, 5) is 68.5. The van der Waals surface area contributed by atoms with Crippen LogP contribution < -0.4 is 24.8 Å². The molecule has 3 aliphatic heterocycles. The summed E-state index contributed by atoms with van der Waals surface area (Å²) in [5.74, 6) is -2.84. The van der Waals surface area contributed by atoms with Gasteiger partial charge in [0.15, 0.2) is 0 Å². The molecule has 4 amide bonds. The maximum atomic E-state index is 15.2. The molecule has 20 heteroatoms. The molecule has 2 saturated carbocycles. The van der Waals surface area contributed by atoms with E-state index < -0.39 is 99.0 Å². The summed E-state index contributed by atoms with van der Waals surface area (Å²) in [6, 6.07) is 13.2. The Hall–Kier alpha value is -5.76. The summed E-state index contributed by atoms with van der Waals surface area (Å²) in [5.41, 5.74) is -2.40. The van der Waals surface area contributed by atoms with Crippen LogP contribution in [-0.2, 0) is 33.9 Å². The van der Waals surface area contributed by atoms with Crippen molar-refractivity contribution in [2.24, 2.45) is 17.8 Å². The lowest BCUT2D eigenvalue weighted by atomic mass is 9.88.